The van der Waals surface area contributed by atoms with E-state index in [0.717, 1.165) is 0 Å². The van der Waals surface area contributed by atoms with Crippen LogP contribution in [-0.2, 0) is 30.5 Å². The van der Waals surface area contributed by atoms with Crippen molar-refractivity contribution in [2.45, 2.75) is 91.5 Å². The smallest absolute Gasteiger partial charge is 0.407 e. The number of aldehydes is 1. The maximum Gasteiger partial charge on any atom is 0.407 e. The van der Waals surface area contributed by atoms with Gasteiger partial charge in [-0.1, -0.05) is 57.5 Å². The van der Waals surface area contributed by atoms with Crippen LogP contribution in [0.1, 0.15) is 72.3 Å². The molecule has 0 bridgehead atoms. The molecule has 0 aromatic heterocycles. The van der Waals surface area contributed by atoms with Crippen LogP contribution in [0.15, 0.2) is 24.3 Å². The fourth-order valence-electron chi connectivity index (χ4n) is 3.87. The summed E-state index contributed by atoms with van der Waals surface area (Å²) < 4.78 is 5.15. The number of halogens is 1. The van der Waals surface area contributed by atoms with Gasteiger partial charge in [0, 0.05) is 24.1 Å². The standard InChI is InChI=1S/C28H43ClN4O6/c1-18(2)14-24(31-20(5)35)27(37)33-25(15-19(3)4)26(36)32-22(16-34)11-8-9-13-30-28(38)39-17-21-10-6-7-12-23(21)29/h6-7,10,12,16,18-19,22,24-25H,8-9,11,13-15,17H2,1-5H3,(H,30,38)(H,31,35)(H,32,36)(H,33,37)/t22-,24-,25-/m0/s1. The van der Waals surface area contributed by atoms with Gasteiger partial charge >= 0.3 is 6.09 Å². The maximum absolute atomic E-state index is 13.0. The van der Waals surface area contributed by atoms with Gasteiger partial charge in [0.15, 0.2) is 0 Å². The van der Waals surface area contributed by atoms with E-state index < -0.39 is 36.0 Å². The molecular weight excluding hydrogens is 524 g/mol. The van der Waals surface area contributed by atoms with E-state index in [0.29, 0.717) is 55.5 Å². The summed E-state index contributed by atoms with van der Waals surface area (Å²) in [6.07, 6.45) is 2.40. The van der Waals surface area contributed by atoms with Crippen LogP contribution >= 0.6 is 11.6 Å². The molecule has 1 aromatic rings. The summed E-state index contributed by atoms with van der Waals surface area (Å²) in [5.41, 5.74) is 0.705. The fraction of sp³-hybridized carbons (Fsp3) is 0.607. The van der Waals surface area contributed by atoms with E-state index in [1.807, 2.05) is 27.7 Å². The van der Waals surface area contributed by atoms with Crippen molar-refractivity contribution in [3.63, 3.8) is 0 Å². The zero-order valence-electron chi connectivity index (χ0n) is 23.6. The highest BCUT2D eigenvalue weighted by Gasteiger charge is 2.28. The van der Waals surface area contributed by atoms with E-state index in [9.17, 15) is 24.0 Å². The third kappa shape index (κ3) is 14.6. The molecule has 0 aliphatic carbocycles. The summed E-state index contributed by atoms with van der Waals surface area (Å²) in [5.74, 6) is -0.965. The number of hydrogen-bond donors (Lipinski definition) is 4. The summed E-state index contributed by atoms with van der Waals surface area (Å²) in [6.45, 7) is 9.47. The molecule has 11 heteroatoms. The Hall–Kier alpha value is -3.14. The molecule has 0 aliphatic rings. The first kappa shape index (κ1) is 33.9. The second-order valence-corrected chi connectivity index (χ2v) is 10.8. The lowest BCUT2D eigenvalue weighted by molar-refractivity contribution is -0.133. The molecule has 0 saturated heterocycles. The summed E-state index contributed by atoms with van der Waals surface area (Å²) in [4.78, 5) is 61.0. The van der Waals surface area contributed by atoms with Gasteiger partial charge in [-0.2, -0.15) is 0 Å². The fourth-order valence-corrected chi connectivity index (χ4v) is 4.06. The predicted molar refractivity (Wildman–Crippen MR) is 150 cm³/mol. The van der Waals surface area contributed by atoms with Gasteiger partial charge in [-0.3, -0.25) is 14.4 Å². The largest absolute Gasteiger partial charge is 0.445 e. The second kappa shape index (κ2) is 18.2. The minimum atomic E-state index is -0.849. The number of nitrogens with one attached hydrogen (secondary N) is 4. The molecule has 3 atom stereocenters. The third-order valence-corrected chi connectivity index (χ3v) is 6.13. The molecule has 0 heterocycles. The van der Waals surface area contributed by atoms with Gasteiger partial charge in [-0.15, -0.1) is 0 Å². The van der Waals surface area contributed by atoms with Gasteiger partial charge in [0.1, 0.15) is 25.0 Å². The Morgan fingerprint density at radius 3 is 2.05 bits per heavy atom. The summed E-state index contributed by atoms with van der Waals surface area (Å²) in [6, 6.07) is 4.74. The molecule has 1 rings (SSSR count). The molecule has 0 saturated carbocycles. The Bertz CT molecular complexity index is 956. The molecule has 0 radical (unpaired) electrons. The van der Waals surface area contributed by atoms with Crippen LogP contribution in [0.3, 0.4) is 0 Å². The van der Waals surface area contributed by atoms with Crippen LogP contribution in [0.4, 0.5) is 4.79 Å². The van der Waals surface area contributed by atoms with E-state index >= 15 is 0 Å². The first-order valence-electron chi connectivity index (χ1n) is 13.4. The Morgan fingerprint density at radius 2 is 1.49 bits per heavy atom. The van der Waals surface area contributed by atoms with Gasteiger partial charge in [0.25, 0.3) is 0 Å². The Morgan fingerprint density at radius 1 is 0.897 bits per heavy atom. The van der Waals surface area contributed by atoms with Crippen molar-refractivity contribution < 1.29 is 28.7 Å². The summed E-state index contributed by atoms with van der Waals surface area (Å²) in [7, 11) is 0. The topological polar surface area (TPSA) is 143 Å². The molecule has 218 valence electrons. The quantitative estimate of drug-likeness (QED) is 0.168. The summed E-state index contributed by atoms with van der Waals surface area (Å²) >= 11 is 6.05. The van der Waals surface area contributed by atoms with Crippen molar-refractivity contribution in [3.8, 4) is 0 Å². The average molecular weight is 567 g/mol. The lowest BCUT2D eigenvalue weighted by atomic mass is 9.99. The van der Waals surface area contributed by atoms with Crippen molar-refractivity contribution in [1.82, 2.24) is 21.3 Å². The number of unbranched alkanes of at least 4 members (excludes halogenated alkanes) is 1. The molecule has 0 fully saturated rings. The number of hydrogen-bond acceptors (Lipinski definition) is 6. The zero-order chi connectivity index (χ0) is 29.4. The normalized spacial score (nSPS) is 13.2. The first-order valence-corrected chi connectivity index (χ1v) is 13.8. The van der Waals surface area contributed by atoms with Crippen LogP contribution in [-0.4, -0.2) is 54.8 Å². The minimum Gasteiger partial charge on any atom is -0.445 e. The summed E-state index contributed by atoms with van der Waals surface area (Å²) in [5, 5.41) is 11.3. The molecule has 1 aromatic carbocycles. The van der Waals surface area contributed by atoms with E-state index in [-0.39, 0.29) is 24.3 Å². The minimum absolute atomic E-state index is 0.0574. The zero-order valence-corrected chi connectivity index (χ0v) is 24.3. The number of carbonyl (C=O) groups is 5. The molecule has 0 unspecified atom stereocenters. The van der Waals surface area contributed by atoms with Crippen LogP contribution in [0.25, 0.3) is 0 Å². The van der Waals surface area contributed by atoms with Crippen LogP contribution < -0.4 is 21.3 Å². The number of amides is 4. The monoisotopic (exact) mass is 566 g/mol. The van der Waals surface area contributed by atoms with E-state index in [4.69, 9.17) is 16.3 Å². The average Bonchev–Trinajstić information content (AvgIpc) is 2.85. The highest BCUT2D eigenvalue weighted by atomic mass is 35.5. The molecule has 0 spiro atoms. The number of benzene rings is 1. The lowest BCUT2D eigenvalue weighted by Crippen LogP contribution is -2.55. The van der Waals surface area contributed by atoms with Crippen LogP contribution in [0.5, 0.6) is 0 Å². The Labute approximate surface area is 236 Å². The third-order valence-electron chi connectivity index (χ3n) is 5.76. The van der Waals surface area contributed by atoms with Crippen molar-refractivity contribution >= 4 is 41.7 Å². The molecule has 0 aliphatic heterocycles. The molecule has 10 nitrogen and oxygen atoms in total. The highest BCUT2D eigenvalue weighted by molar-refractivity contribution is 6.31. The maximum atomic E-state index is 13.0. The van der Waals surface area contributed by atoms with Crippen LogP contribution in [0.2, 0.25) is 5.02 Å². The Kier molecular flexibility index (Phi) is 15.8. The van der Waals surface area contributed by atoms with E-state index in [1.54, 1.807) is 24.3 Å². The first-order chi connectivity index (χ1) is 18.4. The predicted octanol–water partition coefficient (Wildman–Crippen LogP) is 3.50. The van der Waals surface area contributed by atoms with E-state index in [2.05, 4.69) is 21.3 Å². The van der Waals surface area contributed by atoms with Crippen LogP contribution in [0, 0.1) is 11.8 Å². The lowest BCUT2D eigenvalue weighted by Gasteiger charge is -2.25. The molecular formula is C28H43ClN4O6. The van der Waals surface area contributed by atoms with Gasteiger partial charge in [0.05, 0.1) is 6.04 Å². The van der Waals surface area contributed by atoms with E-state index in [1.165, 1.54) is 6.92 Å². The number of ether oxygens (including phenoxy) is 1. The molecule has 39 heavy (non-hydrogen) atoms. The number of rotatable bonds is 17. The second-order valence-electron chi connectivity index (χ2n) is 10.4. The van der Waals surface area contributed by atoms with Gasteiger partial charge < -0.3 is 30.8 Å². The molecule has 4 N–H and O–H groups in total. The van der Waals surface area contributed by atoms with Crippen molar-refractivity contribution in [1.29, 1.82) is 0 Å². The number of alkyl carbamates (subject to hydrolysis) is 1. The molecule has 4 amide bonds. The van der Waals surface area contributed by atoms with Crippen molar-refractivity contribution in [2.75, 3.05) is 6.54 Å². The Balaban J connectivity index is 2.53. The number of carbonyl (C=O) groups excluding carboxylic acids is 5. The van der Waals surface area contributed by atoms with Crippen molar-refractivity contribution in [2.24, 2.45) is 11.8 Å². The van der Waals surface area contributed by atoms with Crippen molar-refractivity contribution in [3.05, 3.63) is 34.9 Å². The van der Waals surface area contributed by atoms with Gasteiger partial charge in [-0.25, -0.2) is 4.79 Å². The SMILES string of the molecule is CC(=O)N[C@@H](CC(C)C)C(=O)N[C@@H](CC(C)C)C(=O)N[C@H](C=O)CCCCNC(=O)OCc1ccccc1Cl. The van der Waals surface area contributed by atoms with Gasteiger partial charge in [-0.05, 0) is 50.0 Å². The van der Waals surface area contributed by atoms with Gasteiger partial charge in [0.2, 0.25) is 17.7 Å². The highest BCUT2D eigenvalue weighted by Crippen LogP contribution is 2.15.